The van der Waals surface area contributed by atoms with Gasteiger partial charge in [-0.05, 0) is 26.0 Å². The van der Waals surface area contributed by atoms with Crippen molar-refractivity contribution in [3.63, 3.8) is 0 Å². The molecule has 106 valence electrons. The average Bonchev–Trinajstić information content (AvgIpc) is 2.87. The minimum atomic E-state index is -0.568. The first-order valence-electron chi connectivity index (χ1n) is 6.56. The van der Waals surface area contributed by atoms with E-state index in [-0.39, 0.29) is 5.60 Å². The molecule has 0 fully saturated rings. The Morgan fingerprint density at radius 2 is 2.35 bits per heavy atom. The predicted octanol–water partition coefficient (Wildman–Crippen LogP) is 3.32. The lowest BCUT2D eigenvalue weighted by Gasteiger charge is -2.36. The molecule has 0 bridgehead atoms. The van der Waals surface area contributed by atoms with Gasteiger partial charge in [-0.3, -0.25) is 0 Å². The second kappa shape index (κ2) is 5.07. The fourth-order valence-electron chi connectivity index (χ4n) is 2.44. The first kappa shape index (κ1) is 13.4. The molecular formula is C15H17NO3S. The number of hydrogen-bond donors (Lipinski definition) is 1. The zero-order chi connectivity index (χ0) is 14.2. The van der Waals surface area contributed by atoms with Crippen LogP contribution in [0, 0.1) is 0 Å². The summed E-state index contributed by atoms with van der Waals surface area (Å²) in [6.45, 7) is 4.36. The van der Waals surface area contributed by atoms with E-state index in [4.69, 9.17) is 9.47 Å². The van der Waals surface area contributed by atoms with Crippen molar-refractivity contribution in [3.8, 4) is 11.5 Å². The number of fused-ring (bicyclic) bond motifs is 1. The lowest BCUT2D eigenvalue weighted by atomic mass is 9.91. The van der Waals surface area contributed by atoms with Gasteiger partial charge in [0.25, 0.3) is 0 Å². The highest BCUT2D eigenvalue weighted by Gasteiger charge is 2.34. The molecule has 4 nitrogen and oxygen atoms in total. The minimum absolute atomic E-state index is 0.361. The van der Waals surface area contributed by atoms with Crippen LogP contribution >= 0.6 is 11.3 Å². The van der Waals surface area contributed by atoms with Crippen LogP contribution in [0.25, 0.3) is 0 Å². The van der Waals surface area contributed by atoms with Gasteiger partial charge in [0.2, 0.25) is 0 Å². The normalized spacial score (nSPS) is 20.1. The Hall–Kier alpha value is -1.59. The molecule has 3 rings (SSSR count). The van der Waals surface area contributed by atoms with Gasteiger partial charge in [-0.1, -0.05) is 6.07 Å². The average molecular weight is 291 g/mol. The van der Waals surface area contributed by atoms with Crippen LogP contribution in [0.5, 0.6) is 11.5 Å². The van der Waals surface area contributed by atoms with Crippen LogP contribution in [0.4, 0.5) is 0 Å². The summed E-state index contributed by atoms with van der Waals surface area (Å²) in [6.07, 6.45) is 1.74. The predicted molar refractivity (Wildman–Crippen MR) is 77.2 cm³/mol. The van der Waals surface area contributed by atoms with Crippen LogP contribution in [0.1, 0.15) is 36.9 Å². The molecule has 0 saturated heterocycles. The topological polar surface area (TPSA) is 51.6 Å². The number of aliphatic hydroxyl groups is 1. The number of aliphatic hydroxyl groups excluding tert-OH is 1. The van der Waals surface area contributed by atoms with Crippen molar-refractivity contribution in [3.05, 3.63) is 40.3 Å². The van der Waals surface area contributed by atoms with E-state index in [1.807, 2.05) is 37.4 Å². The zero-order valence-corrected chi connectivity index (χ0v) is 12.3. The first-order valence-corrected chi connectivity index (χ1v) is 7.44. The molecule has 1 aliphatic rings. The SMILES string of the molecule is CC1(C)CC(O)c2c(OCc3nccs3)cccc2O1. The van der Waals surface area contributed by atoms with Gasteiger partial charge in [0.15, 0.2) is 0 Å². The number of thiazole rings is 1. The Kier molecular flexibility index (Phi) is 3.40. The number of ether oxygens (including phenoxy) is 2. The summed E-state index contributed by atoms with van der Waals surface area (Å²) in [6, 6.07) is 5.61. The fraction of sp³-hybridized carbons (Fsp3) is 0.400. The van der Waals surface area contributed by atoms with E-state index in [2.05, 4.69) is 4.98 Å². The lowest BCUT2D eigenvalue weighted by Crippen LogP contribution is -2.35. The second-order valence-electron chi connectivity index (χ2n) is 5.46. The zero-order valence-electron chi connectivity index (χ0n) is 11.5. The van der Waals surface area contributed by atoms with E-state index in [0.29, 0.717) is 24.5 Å². The van der Waals surface area contributed by atoms with Crippen LogP contribution in [0.2, 0.25) is 0 Å². The summed E-state index contributed by atoms with van der Waals surface area (Å²) in [5, 5.41) is 13.2. The minimum Gasteiger partial charge on any atom is -0.487 e. The van der Waals surface area contributed by atoms with E-state index < -0.39 is 6.10 Å². The van der Waals surface area contributed by atoms with Gasteiger partial charge >= 0.3 is 0 Å². The molecule has 1 atom stereocenters. The quantitative estimate of drug-likeness (QED) is 0.942. The largest absolute Gasteiger partial charge is 0.487 e. The van der Waals surface area contributed by atoms with Crippen LogP contribution in [0.15, 0.2) is 29.8 Å². The summed E-state index contributed by atoms with van der Waals surface area (Å²) in [4.78, 5) is 4.19. The molecular weight excluding hydrogens is 274 g/mol. The van der Waals surface area contributed by atoms with Crippen molar-refractivity contribution in [1.82, 2.24) is 4.98 Å². The van der Waals surface area contributed by atoms with Crippen LogP contribution in [-0.4, -0.2) is 15.7 Å². The fourth-order valence-corrected chi connectivity index (χ4v) is 2.97. The maximum atomic E-state index is 10.4. The third kappa shape index (κ3) is 2.64. The van der Waals surface area contributed by atoms with Crippen molar-refractivity contribution in [2.75, 3.05) is 0 Å². The molecule has 1 aromatic carbocycles. The highest BCUT2D eigenvalue weighted by Crippen LogP contribution is 2.44. The van der Waals surface area contributed by atoms with Crippen molar-refractivity contribution in [2.45, 2.75) is 38.6 Å². The molecule has 0 amide bonds. The third-order valence-corrected chi connectivity index (χ3v) is 4.02. The molecule has 1 unspecified atom stereocenters. The van der Waals surface area contributed by atoms with Gasteiger partial charge in [-0.25, -0.2) is 4.98 Å². The number of benzene rings is 1. The maximum absolute atomic E-state index is 10.4. The van der Waals surface area contributed by atoms with E-state index in [9.17, 15) is 5.11 Å². The summed E-state index contributed by atoms with van der Waals surface area (Å²) in [5.74, 6) is 1.37. The number of hydrogen-bond acceptors (Lipinski definition) is 5. The number of nitrogens with zero attached hydrogens (tertiary/aromatic N) is 1. The number of aromatic nitrogens is 1. The monoisotopic (exact) mass is 291 g/mol. The Bertz CT molecular complexity index is 595. The molecule has 5 heteroatoms. The van der Waals surface area contributed by atoms with Gasteiger partial charge in [0, 0.05) is 18.0 Å². The number of rotatable bonds is 3. The molecule has 0 aliphatic carbocycles. The summed E-state index contributed by atoms with van der Waals surface area (Å²) in [7, 11) is 0. The Morgan fingerprint density at radius 3 is 3.10 bits per heavy atom. The smallest absolute Gasteiger partial charge is 0.140 e. The van der Waals surface area contributed by atoms with E-state index in [1.54, 1.807) is 17.5 Å². The van der Waals surface area contributed by atoms with Crippen LogP contribution in [-0.2, 0) is 6.61 Å². The second-order valence-corrected chi connectivity index (χ2v) is 6.44. The Labute approximate surface area is 122 Å². The van der Waals surface area contributed by atoms with Crippen molar-refractivity contribution in [1.29, 1.82) is 0 Å². The molecule has 1 aliphatic heterocycles. The molecule has 20 heavy (non-hydrogen) atoms. The molecule has 0 radical (unpaired) electrons. The lowest BCUT2D eigenvalue weighted by molar-refractivity contribution is 0.00949. The summed E-state index contributed by atoms with van der Waals surface area (Å²) in [5.41, 5.74) is 0.378. The van der Waals surface area contributed by atoms with Crippen LogP contribution in [0.3, 0.4) is 0 Å². The standard InChI is InChI=1S/C15H17NO3S/c1-15(2)8-10(17)14-11(4-3-5-12(14)19-15)18-9-13-16-6-7-20-13/h3-7,10,17H,8-9H2,1-2H3. The highest BCUT2D eigenvalue weighted by atomic mass is 32.1. The van der Waals surface area contributed by atoms with Crippen LogP contribution < -0.4 is 9.47 Å². The molecule has 2 heterocycles. The summed E-state index contributed by atoms with van der Waals surface area (Å²) < 4.78 is 11.7. The van der Waals surface area contributed by atoms with E-state index in [0.717, 1.165) is 10.6 Å². The molecule has 0 saturated carbocycles. The highest BCUT2D eigenvalue weighted by molar-refractivity contribution is 7.09. The maximum Gasteiger partial charge on any atom is 0.140 e. The first-order chi connectivity index (χ1) is 9.55. The van der Waals surface area contributed by atoms with Gasteiger partial charge in [-0.2, -0.15) is 0 Å². The molecule has 1 N–H and O–H groups in total. The van der Waals surface area contributed by atoms with Crippen molar-refractivity contribution >= 4 is 11.3 Å². The summed E-state index contributed by atoms with van der Waals surface area (Å²) >= 11 is 1.55. The third-order valence-electron chi connectivity index (χ3n) is 3.27. The molecule has 1 aromatic heterocycles. The van der Waals surface area contributed by atoms with Gasteiger partial charge in [0.05, 0.1) is 11.7 Å². The van der Waals surface area contributed by atoms with Crippen molar-refractivity contribution < 1.29 is 14.6 Å². The van der Waals surface area contributed by atoms with Gasteiger partial charge in [-0.15, -0.1) is 11.3 Å². The van der Waals surface area contributed by atoms with Crippen molar-refractivity contribution in [2.24, 2.45) is 0 Å². The molecule has 0 spiro atoms. The van der Waals surface area contributed by atoms with Gasteiger partial charge < -0.3 is 14.6 Å². The van der Waals surface area contributed by atoms with E-state index in [1.165, 1.54) is 0 Å². The molecule has 2 aromatic rings. The van der Waals surface area contributed by atoms with E-state index >= 15 is 0 Å². The van der Waals surface area contributed by atoms with Gasteiger partial charge in [0.1, 0.15) is 28.7 Å². The Morgan fingerprint density at radius 1 is 1.50 bits per heavy atom. The Balaban J connectivity index is 1.86.